The largest absolute Gasteiger partial charge is 0.488 e. The fourth-order valence-corrected chi connectivity index (χ4v) is 3.31. The van der Waals surface area contributed by atoms with Crippen LogP contribution < -0.4 is 14.8 Å². The number of rotatable bonds is 3. The van der Waals surface area contributed by atoms with Crippen LogP contribution >= 0.6 is 0 Å². The minimum absolute atomic E-state index is 0.0976. The highest BCUT2D eigenvalue weighted by Crippen LogP contribution is 2.41. The molecular weight excluding hydrogens is 399 g/mol. The Morgan fingerprint density at radius 2 is 1.73 bits per heavy atom. The van der Waals surface area contributed by atoms with Gasteiger partial charge in [0.05, 0.1) is 16.8 Å². The van der Waals surface area contributed by atoms with Crippen molar-refractivity contribution >= 4 is 23.6 Å². The molecule has 158 valence electrons. The second-order valence-electron chi connectivity index (χ2n) is 7.00. The van der Waals surface area contributed by atoms with Gasteiger partial charge in [-0.25, -0.2) is 0 Å². The van der Waals surface area contributed by atoms with Crippen molar-refractivity contribution in [2.45, 2.75) is 33.9 Å². The van der Waals surface area contributed by atoms with Gasteiger partial charge in [0.1, 0.15) is 18.1 Å². The Kier molecular flexibility index (Phi) is 5.61. The summed E-state index contributed by atoms with van der Waals surface area (Å²) in [6.45, 7) is 6.52. The molecular formula is C22H20F3NO4. The molecule has 0 aliphatic carbocycles. The molecule has 1 aliphatic heterocycles. The number of carbonyl (C=O) groups excluding carboxylic acids is 2. The van der Waals surface area contributed by atoms with E-state index in [1.165, 1.54) is 25.1 Å². The zero-order valence-electron chi connectivity index (χ0n) is 16.9. The van der Waals surface area contributed by atoms with Crippen LogP contribution in [0.15, 0.2) is 29.8 Å². The van der Waals surface area contributed by atoms with E-state index in [0.29, 0.717) is 22.6 Å². The van der Waals surface area contributed by atoms with Gasteiger partial charge in [0.15, 0.2) is 0 Å². The lowest BCUT2D eigenvalue weighted by atomic mass is 9.94. The summed E-state index contributed by atoms with van der Waals surface area (Å²) < 4.78 is 50.6. The van der Waals surface area contributed by atoms with Crippen LogP contribution in [-0.4, -0.2) is 18.5 Å². The van der Waals surface area contributed by atoms with Gasteiger partial charge in [-0.15, -0.1) is 0 Å². The zero-order chi connectivity index (χ0) is 22.2. The molecule has 3 rings (SSSR count). The molecule has 1 aliphatic rings. The van der Waals surface area contributed by atoms with Crippen LogP contribution in [0.3, 0.4) is 0 Å². The average molecular weight is 419 g/mol. The monoisotopic (exact) mass is 419 g/mol. The third kappa shape index (κ3) is 4.03. The molecule has 0 fully saturated rings. The van der Waals surface area contributed by atoms with Crippen LogP contribution in [-0.2, 0) is 15.8 Å². The van der Waals surface area contributed by atoms with Crippen molar-refractivity contribution in [3.8, 4) is 11.5 Å². The summed E-state index contributed by atoms with van der Waals surface area (Å²) >= 11 is 0. The molecule has 0 unspecified atom stereocenters. The topological polar surface area (TPSA) is 64.6 Å². The fraction of sp³-hybridized carbons (Fsp3) is 0.273. The second-order valence-corrected chi connectivity index (χ2v) is 7.00. The molecule has 2 aromatic rings. The molecule has 0 atom stereocenters. The molecule has 8 heteroatoms. The molecule has 0 spiro atoms. The van der Waals surface area contributed by atoms with Gasteiger partial charge >= 0.3 is 12.1 Å². The number of nitrogens with one attached hydrogen (secondary N) is 1. The number of alkyl halides is 3. The Labute approximate surface area is 171 Å². The van der Waals surface area contributed by atoms with Gasteiger partial charge in [0.2, 0.25) is 0 Å². The predicted molar refractivity (Wildman–Crippen MR) is 106 cm³/mol. The van der Waals surface area contributed by atoms with Crippen LogP contribution in [0.4, 0.5) is 18.9 Å². The number of carbonyl (C=O) groups is 2. The third-order valence-electron chi connectivity index (χ3n) is 4.94. The number of hydrogen-bond acceptors (Lipinski definition) is 4. The summed E-state index contributed by atoms with van der Waals surface area (Å²) in [7, 11) is 0. The number of anilines is 1. The van der Waals surface area contributed by atoms with E-state index in [1.807, 2.05) is 0 Å². The van der Waals surface area contributed by atoms with Gasteiger partial charge < -0.3 is 14.8 Å². The van der Waals surface area contributed by atoms with Crippen LogP contribution in [0.1, 0.15) is 34.7 Å². The molecule has 0 saturated carbocycles. The summed E-state index contributed by atoms with van der Waals surface area (Å²) in [5, 5.41) is 2.32. The number of para-hydroxylation sites is 1. The SMILES string of the molecule is CC(=O)Oc1c(C)c(C)c2c(c1C)C=C(C(=O)Nc1ccccc1C(F)(F)F)CO2. The summed E-state index contributed by atoms with van der Waals surface area (Å²) in [6, 6.07) is 4.76. The Morgan fingerprint density at radius 3 is 2.37 bits per heavy atom. The molecule has 0 bridgehead atoms. The highest BCUT2D eigenvalue weighted by molar-refractivity contribution is 6.08. The average Bonchev–Trinajstić information content (AvgIpc) is 2.68. The van der Waals surface area contributed by atoms with Crippen LogP contribution in [0.5, 0.6) is 11.5 Å². The maximum Gasteiger partial charge on any atom is 0.418 e. The number of hydrogen-bond donors (Lipinski definition) is 1. The molecule has 5 nitrogen and oxygen atoms in total. The quantitative estimate of drug-likeness (QED) is 0.564. The van der Waals surface area contributed by atoms with E-state index in [4.69, 9.17) is 9.47 Å². The Morgan fingerprint density at radius 1 is 1.07 bits per heavy atom. The minimum Gasteiger partial charge on any atom is -0.488 e. The summed E-state index contributed by atoms with van der Waals surface area (Å²) in [5.74, 6) is -0.261. The van der Waals surface area contributed by atoms with Crippen molar-refractivity contribution in [2.24, 2.45) is 0 Å². The number of esters is 1. The van der Waals surface area contributed by atoms with E-state index < -0.39 is 23.6 Å². The molecule has 1 amide bonds. The predicted octanol–water partition coefficient (Wildman–Crippen LogP) is 4.97. The highest BCUT2D eigenvalue weighted by atomic mass is 19.4. The lowest BCUT2D eigenvalue weighted by Gasteiger charge is -2.24. The van der Waals surface area contributed by atoms with Crippen molar-refractivity contribution in [2.75, 3.05) is 11.9 Å². The number of ether oxygens (including phenoxy) is 2. The number of amides is 1. The smallest absolute Gasteiger partial charge is 0.418 e. The van der Waals surface area contributed by atoms with Crippen molar-refractivity contribution < 1.29 is 32.2 Å². The van der Waals surface area contributed by atoms with Crippen molar-refractivity contribution in [3.63, 3.8) is 0 Å². The normalized spacial score (nSPS) is 13.1. The third-order valence-corrected chi connectivity index (χ3v) is 4.94. The maximum atomic E-state index is 13.2. The van der Waals surface area contributed by atoms with Gasteiger partial charge in [0, 0.05) is 18.1 Å². The molecule has 1 heterocycles. The molecule has 0 radical (unpaired) electrons. The van der Waals surface area contributed by atoms with E-state index >= 15 is 0 Å². The van der Waals surface area contributed by atoms with Crippen LogP contribution in [0, 0.1) is 20.8 Å². The van der Waals surface area contributed by atoms with Gasteiger partial charge in [0.25, 0.3) is 5.91 Å². The number of halogens is 3. The molecule has 30 heavy (non-hydrogen) atoms. The fourth-order valence-electron chi connectivity index (χ4n) is 3.31. The Hall–Kier alpha value is -3.29. The number of fused-ring (bicyclic) bond motifs is 1. The molecule has 2 aromatic carbocycles. The van der Waals surface area contributed by atoms with Crippen molar-refractivity contribution in [3.05, 3.63) is 57.7 Å². The van der Waals surface area contributed by atoms with Gasteiger partial charge in [-0.2, -0.15) is 13.2 Å². The lowest BCUT2D eigenvalue weighted by Crippen LogP contribution is -2.23. The summed E-state index contributed by atoms with van der Waals surface area (Å²) in [4.78, 5) is 24.1. The van der Waals surface area contributed by atoms with Gasteiger partial charge in [-0.3, -0.25) is 9.59 Å². The lowest BCUT2D eigenvalue weighted by molar-refractivity contribution is -0.137. The van der Waals surface area contributed by atoms with Gasteiger partial charge in [-0.05, 0) is 50.1 Å². The van der Waals surface area contributed by atoms with Crippen molar-refractivity contribution in [1.82, 2.24) is 0 Å². The molecule has 1 N–H and O–H groups in total. The van der Waals surface area contributed by atoms with E-state index in [0.717, 1.165) is 17.2 Å². The first-order valence-electron chi connectivity index (χ1n) is 9.13. The first-order chi connectivity index (χ1) is 14.0. The highest BCUT2D eigenvalue weighted by Gasteiger charge is 2.34. The Bertz CT molecular complexity index is 1070. The second kappa shape index (κ2) is 7.85. The molecule has 0 aromatic heterocycles. The molecule has 0 saturated heterocycles. The summed E-state index contributed by atoms with van der Waals surface area (Å²) in [5.41, 5.74) is 1.53. The van der Waals surface area contributed by atoms with E-state index in [1.54, 1.807) is 26.8 Å². The van der Waals surface area contributed by atoms with E-state index in [2.05, 4.69) is 5.32 Å². The van der Waals surface area contributed by atoms with Crippen LogP contribution in [0.25, 0.3) is 6.08 Å². The first kappa shape index (κ1) is 21.4. The standard InChI is InChI=1S/C22H20F3NO4/c1-11-12(2)20-16(13(3)19(11)30-14(4)27)9-15(10-29-20)21(28)26-18-8-6-5-7-17(18)22(23,24)25/h5-9H,10H2,1-4H3,(H,26,28). The summed E-state index contributed by atoms with van der Waals surface area (Å²) in [6.07, 6.45) is -3.04. The minimum atomic E-state index is -4.60. The van der Waals surface area contributed by atoms with Gasteiger partial charge in [-0.1, -0.05) is 12.1 Å². The first-order valence-corrected chi connectivity index (χ1v) is 9.13. The van der Waals surface area contributed by atoms with E-state index in [9.17, 15) is 22.8 Å². The number of benzene rings is 2. The van der Waals surface area contributed by atoms with E-state index in [-0.39, 0.29) is 17.9 Å². The van der Waals surface area contributed by atoms with Crippen molar-refractivity contribution in [1.29, 1.82) is 0 Å². The Balaban J connectivity index is 1.99. The maximum absolute atomic E-state index is 13.2. The zero-order valence-corrected chi connectivity index (χ0v) is 16.9. The van der Waals surface area contributed by atoms with Crippen LogP contribution in [0.2, 0.25) is 0 Å².